The van der Waals surface area contributed by atoms with E-state index in [4.69, 9.17) is 0 Å². The summed E-state index contributed by atoms with van der Waals surface area (Å²) in [6.45, 7) is 8.89. The van der Waals surface area contributed by atoms with Crippen LogP contribution in [0.3, 0.4) is 0 Å². The van der Waals surface area contributed by atoms with E-state index in [9.17, 15) is 0 Å². The first-order chi connectivity index (χ1) is 13.3. The fraction of sp³-hybridized carbons (Fsp3) is 0.852. The van der Waals surface area contributed by atoms with Crippen molar-refractivity contribution in [1.82, 2.24) is 0 Å². The molecule has 27 heavy (non-hydrogen) atoms. The molecule has 0 saturated heterocycles. The Balaban J connectivity index is 0. The third kappa shape index (κ3) is 33.2. The topological polar surface area (TPSA) is 0 Å². The first kappa shape index (κ1) is 28.3. The number of unbranched alkanes of at least 4 members (excludes halogenated alkanes) is 15. The van der Waals surface area contributed by atoms with Crippen LogP contribution in [0.25, 0.3) is 0 Å². The van der Waals surface area contributed by atoms with Crippen molar-refractivity contribution in [3.63, 3.8) is 0 Å². The van der Waals surface area contributed by atoms with Gasteiger partial charge in [0.05, 0.1) is 0 Å². The number of rotatable bonds is 15. The van der Waals surface area contributed by atoms with E-state index in [-0.39, 0.29) is 0 Å². The van der Waals surface area contributed by atoms with Gasteiger partial charge >= 0.3 is 0 Å². The summed E-state index contributed by atoms with van der Waals surface area (Å²) in [4.78, 5) is 0. The average Bonchev–Trinajstić information content (AvgIpc) is 2.69. The zero-order chi connectivity index (χ0) is 20.3. The molecule has 0 aromatic rings. The molecule has 0 bridgehead atoms. The van der Waals surface area contributed by atoms with Gasteiger partial charge in [-0.3, -0.25) is 0 Å². The molecule has 158 valence electrons. The Hall–Kier alpha value is -0.880. The van der Waals surface area contributed by atoms with Gasteiger partial charge in [0, 0.05) is 25.7 Å². The molecule has 0 spiro atoms. The fourth-order valence-corrected chi connectivity index (χ4v) is 2.77. The Morgan fingerprint density at radius 3 is 0.926 bits per heavy atom. The molecule has 0 rings (SSSR count). The second-order valence-electron chi connectivity index (χ2n) is 7.60. The summed E-state index contributed by atoms with van der Waals surface area (Å²) < 4.78 is 0. The van der Waals surface area contributed by atoms with E-state index in [0.29, 0.717) is 0 Å². The lowest BCUT2D eigenvalue weighted by molar-refractivity contribution is 0.594. The van der Waals surface area contributed by atoms with E-state index in [1.54, 1.807) is 0 Å². The molecule has 0 radical (unpaired) electrons. The van der Waals surface area contributed by atoms with Crippen molar-refractivity contribution >= 4 is 0 Å². The predicted molar refractivity (Wildman–Crippen MR) is 126 cm³/mol. The molecular formula is C27H50. The van der Waals surface area contributed by atoms with Gasteiger partial charge < -0.3 is 0 Å². The zero-order valence-corrected chi connectivity index (χ0v) is 19.4. The Morgan fingerprint density at radius 1 is 0.296 bits per heavy atom. The minimum Gasteiger partial charge on any atom is -0.103 e. The molecule has 0 heteroatoms. The van der Waals surface area contributed by atoms with Gasteiger partial charge in [0.15, 0.2) is 0 Å². The molecule has 0 N–H and O–H groups in total. The molecular weight excluding hydrogens is 324 g/mol. The molecule has 0 aliphatic rings. The monoisotopic (exact) mass is 374 g/mol. The molecule has 0 nitrogen and oxygen atoms in total. The summed E-state index contributed by atoms with van der Waals surface area (Å²) in [5.41, 5.74) is 0. The van der Waals surface area contributed by atoms with E-state index >= 15 is 0 Å². The third-order valence-electron chi connectivity index (χ3n) is 4.56. The van der Waals surface area contributed by atoms with Gasteiger partial charge in [0.2, 0.25) is 0 Å². The number of hydrogen-bond donors (Lipinski definition) is 0. The standard InChI is InChI=1S/C14H26.C13H24/c1-3-5-7-9-11-13-14-12-10-8-6-4-2;1-3-5-7-9-11-13-12-10-8-6-4-2/h3-7,9,11-14H2,1-2H3;3-7,9,11-13H2,1-2H3. The first-order valence-corrected chi connectivity index (χ1v) is 12.2. The molecule has 0 aliphatic heterocycles. The highest BCUT2D eigenvalue weighted by atomic mass is 13.9. The van der Waals surface area contributed by atoms with Gasteiger partial charge in [-0.25, -0.2) is 0 Å². The summed E-state index contributed by atoms with van der Waals surface area (Å²) in [7, 11) is 0. The van der Waals surface area contributed by atoms with Crippen LogP contribution in [0.2, 0.25) is 0 Å². The van der Waals surface area contributed by atoms with Crippen LogP contribution in [-0.2, 0) is 0 Å². The van der Waals surface area contributed by atoms with Crippen molar-refractivity contribution in [1.29, 1.82) is 0 Å². The Bertz CT molecular complexity index is 357. The molecule has 0 aromatic carbocycles. The Labute approximate surface area is 173 Å². The van der Waals surface area contributed by atoms with Crippen LogP contribution < -0.4 is 0 Å². The van der Waals surface area contributed by atoms with E-state index < -0.39 is 0 Å². The fourth-order valence-electron chi connectivity index (χ4n) is 2.77. The summed E-state index contributed by atoms with van der Waals surface area (Å²) in [6, 6.07) is 0. The molecule has 0 saturated carbocycles. The highest BCUT2D eigenvalue weighted by molar-refractivity contribution is 4.98. The minimum absolute atomic E-state index is 1.08. The van der Waals surface area contributed by atoms with Crippen molar-refractivity contribution in [3.05, 3.63) is 0 Å². The van der Waals surface area contributed by atoms with Crippen molar-refractivity contribution in [2.75, 3.05) is 0 Å². The van der Waals surface area contributed by atoms with E-state index in [1.807, 2.05) is 0 Å². The minimum atomic E-state index is 1.08. The summed E-state index contributed by atoms with van der Waals surface area (Å²) in [6.07, 6.45) is 24.8. The van der Waals surface area contributed by atoms with Gasteiger partial charge in [-0.15, -0.1) is 23.7 Å². The third-order valence-corrected chi connectivity index (χ3v) is 4.56. The van der Waals surface area contributed by atoms with Gasteiger partial charge in [0.1, 0.15) is 0 Å². The Morgan fingerprint density at radius 2 is 0.593 bits per heavy atom. The second kappa shape index (κ2) is 29.9. The maximum atomic E-state index is 3.24. The summed E-state index contributed by atoms with van der Waals surface area (Å²) in [5.74, 6) is 12.8. The maximum absolute atomic E-state index is 3.24. The van der Waals surface area contributed by atoms with Crippen molar-refractivity contribution < 1.29 is 0 Å². The molecule has 0 aliphatic carbocycles. The largest absolute Gasteiger partial charge is 0.103 e. The average molecular weight is 375 g/mol. The van der Waals surface area contributed by atoms with Crippen molar-refractivity contribution in [3.8, 4) is 23.7 Å². The smallest absolute Gasteiger partial charge is 0.00886 e. The normalized spacial score (nSPS) is 9.48. The van der Waals surface area contributed by atoms with Gasteiger partial charge in [-0.2, -0.15) is 0 Å². The molecule has 0 atom stereocenters. The molecule has 0 amide bonds. The van der Waals surface area contributed by atoms with Crippen LogP contribution in [0, 0.1) is 23.7 Å². The van der Waals surface area contributed by atoms with Crippen LogP contribution in [0.5, 0.6) is 0 Å². The van der Waals surface area contributed by atoms with Crippen molar-refractivity contribution in [2.45, 2.75) is 150 Å². The first-order valence-electron chi connectivity index (χ1n) is 12.2. The molecule has 0 unspecified atom stereocenters. The molecule has 0 aromatic heterocycles. The van der Waals surface area contributed by atoms with E-state index in [0.717, 1.165) is 25.7 Å². The van der Waals surface area contributed by atoms with Crippen LogP contribution in [0.4, 0.5) is 0 Å². The second-order valence-corrected chi connectivity index (χ2v) is 7.60. The SMILES string of the molecule is CCCC#CCCCCCCCC.CCCC#CCCCCCCCCC. The maximum Gasteiger partial charge on any atom is 0.00886 e. The highest BCUT2D eigenvalue weighted by Gasteiger charge is 1.89. The lowest BCUT2D eigenvalue weighted by Crippen LogP contribution is -1.79. The summed E-state index contributed by atoms with van der Waals surface area (Å²) in [5, 5.41) is 0. The quantitative estimate of drug-likeness (QED) is 0.198. The van der Waals surface area contributed by atoms with Gasteiger partial charge in [0.25, 0.3) is 0 Å². The Kier molecular flexibility index (Phi) is 31.3. The van der Waals surface area contributed by atoms with Crippen LogP contribution in [0.15, 0.2) is 0 Å². The van der Waals surface area contributed by atoms with E-state index in [1.165, 1.54) is 96.3 Å². The lowest BCUT2D eigenvalue weighted by Gasteiger charge is -1.97. The molecule has 0 fully saturated rings. The zero-order valence-electron chi connectivity index (χ0n) is 19.4. The predicted octanol–water partition coefficient (Wildman–Crippen LogP) is 9.47. The summed E-state index contributed by atoms with van der Waals surface area (Å²) >= 11 is 0. The van der Waals surface area contributed by atoms with Crippen LogP contribution >= 0.6 is 0 Å². The van der Waals surface area contributed by atoms with Crippen LogP contribution in [0.1, 0.15) is 150 Å². The van der Waals surface area contributed by atoms with E-state index in [2.05, 4.69) is 51.4 Å². The lowest BCUT2D eigenvalue weighted by atomic mass is 10.1. The number of hydrogen-bond acceptors (Lipinski definition) is 0. The highest BCUT2D eigenvalue weighted by Crippen LogP contribution is 2.08. The van der Waals surface area contributed by atoms with Gasteiger partial charge in [-0.05, 0) is 25.7 Å². The van der Waals surface area contributed by atoms with Crippen molar-refractivity contribution in [2.24, 2.45) is 0 Å². The molecule has 0 heterocycles. The van der Waals surface area contributed by atoms with Crippen LogP contribution in [-0.4, -0.2) is 0 Å². The van der Waals surface area contributed by atoms with Gasteiger partial charge in [-0.1, -0.05) is 98.3 Å².